The number of carbonyl (C=O) groups excluding carboxylic acids is 3. The fourth-order valence-electron chi connectivity index (χ4n) is 5.57. The number of hydrogen-bond acceptors (Lipinski definition) is 7. The Morgan fingerprint density at radius 2 is 1.80 bits per heavy atom. The Labute approximate surface area is 233 Å². The van der Waals surface area contributed by atoms with Gasteiger partial charge in [-0.2, -0.15) is 4.31 Å². The highest BCUT2D eigenvalue weighted by molar-refractivity contribution is 7.89. The monoisotopic (exact) mass is 566 g/mol. The van der Waals surface area contributed by atoms with Gasteiger partial charge in [0, 0.05) is 18.1 Å². The van der Waals surface area contributed by atoms with Crippen LogP contribution in [-0.4, -0.2) is 60.5 Å². The predicted octanol–water partition coefficient (Wildman–Crippen LogP) is 3.44. The van der Waals surface area contributed by atoms with Gasteiger partial charge in [-0.05, 0) is 49.4 Å². The molecule has 1 aromatic carbocycles. The molecule has 3 aromatic rings. The Kier molecular flexibility index (Phi) is 8.60. The molecular weight excluding hydrogens is 532 g/mol. The number of amides is 2. The lowest BCUT2D eigenvalue weighted by atomic mass is 9.84. The standard InChI is InChI=1S/C29H34N4O6S/c34-24-19-33(40(37,38)27-14-6-7-15-30-27)16-8-12-22(24)31-28(35)23(17-20-9-2-1-3-10-20)32-29(36)26-18-21-11-4-5-13-25(21)39-26/h4-7,11,13-15,18,20,22-23H,1-3,8-10,12,16-17,19H2,(H,31,35)(H,32,36)/t22-,23?/m0/s1. The molecule has 0 bridgehead atoms. The summed E-state index contributed by atoms with van der Waals surface area (Å²) in [5, 5.41) is 6.34. The average molecular weight is 567 g/mol. The van der Waals surface area contributed by atoms with Crippen LogP contribution in [0.15, 0.2) is 64.2 Å². The molecule has 2 atom stereocenters. The van der Waals surface area contributed by atoms with E-state index in [1.807, 2.05) is 18.2 Å². The second-order valence-corrected chi connectivity index (χ2v) is 12.5. The van der Waals surface area contributed by atoms with Crippen LogP contribution in [0.4, 0.5) is 0 Å². The Morgan fingerprint density at radius 3 is 2.55 bits per heavy atom. The van der Waals surface area contributed by atoms with Crippen molar-refractivity contribution in [2.75, 3.05) is 13.1 Å². The summed E-state index contributed by atoms with van der Waals surface area (Å²) in [5.74, 6) is -0.945. The molecule has 40 heavy (non-hydrogen) atoms. The molecule has 3 heterocycles. The third kappa shape index (κ3) is 6.42. The first-order valence-electron chi connectivity index (χ1n) is 13.8. The molecule has 2 amide bonds. The lowest BCUT2D eigenvalue weighted by Gasteiger charge is -2.27. The summed E-state index contributed by atoms with van der Waals surface area (Å²) < 4.78 is 32.9. The van der Waals surface area contributed by atoms with Crippen molar-refractivity contribution < 1.29 is 27.2 Å². The average Bonchev–Trinajstić information content (AvgIpc) is 3.32. The van der Waals surface area contributed by atoms with E-state index >= 15 is 0 Å². The van der Waals surface area contributed by atoms with Gasteiger partial charge in [0.05, 0.1) is 12.6 Å². The first-order chi connectivity index (χ1) is 19.3. The summed E-state index contributed by atoms with van der Waals surface area (Å²) in [6.07, 6.45) is 7.82. The molecule has 1 aliphatic heterocycles. The minimum atomic E-state index is -3.94. The lowest BCUT2D eigenvalue weighted by molar-refractivity contribution is -0.129. The third-order valence-electron chi connectivity index (χ3n) is 7.74. The van der Waals surface area contributed by atoms with E-state index in [1.54, 1.807) is 24.3 Å². The molecule has 212 valence electrons. The SMILES string of the molecule is O=C(NC(CC1CCCCC1)C(=O)N[C@H]1CCCN(S(=O)(=O)c2ccccn2)CC1=O)c1cc2ccccc2o1. The summed E-state index contributed by atoms with van der Waals surface area (Å²) in [5.41, 5.74) is 0.579. The summed E-state index contributed by atoms with van der Waals surface area (Å²) in [7, 11) is -3.94. The van der Waals surface area contributed by atoms with Crippen LogP contribution in [0.5, 0.6) is 0 Å². The highest BCUT2D eigenvalue weighted by Gasteiger charge is 2.35. The molecule has 2 aliphatic rings. The van der Waals surface area contributed by atoms with Gasteiger partial charge in [-0.1, -0.05) is 56.4 Å². The van der Waals surface area contributed by atoms with Crippen molar-refractivity contribution in [2.45, 2.75) is 68.5 Å². The highest BCUT2D eigenvalue weighted by atomic mass is 32.2. The molecule has 10 nitrogen and oxygen atoms in total. The summed E-state index contributed by atoms with van der Waals surface area (Å²) >= 11 is 0. The minimum Gasteiger partial charge on any atom is -0.451 e. The molecule has 2 aromatic heterocycles. The highest BCUT2D eigenvalue weighted by Crippen LogP contribution is 2.28. The van der Waals surface area contributed by atoms with Gasteiger partial charge in [-0.15, -0.1) is 0 Å². The van der Waals surface area contributed by atoms with E-state index in [0.717, 1.165) is 41.8 Å². The zero-order valence-electron chi connectivity index (χ0n) is 22.3. The molecule has 2 fully saturated rings. The van der Waals surface area contributed by atoms with Crippen LogP contribution >= 0.6 is 0 Å². The second-order valence-electron chi connectivity index (χ2n) is 10.6. The number of benzene rings is 1. The maximum absolute atomic E-state index is 13.5. The second kappa shape index (κ2) is 12.3. The van der Waals surface area contributed by atoms with E-state index < -0.39 is 39.7 Å². The van der Waals surface area contributed by atoms with Crippen LogP contribution < -0.4 is 10.6 Å². The van der Waals surface area contributed by atoms with Crippen molar-refractivity contribution in [1.29, 1.82) is 0 Å². The van der Waals surface area contributed by atoms with Gasteiger partial charge in [0.1, 0.15) is 11.6 Å². The molecule has 1 aliphatic carbocycles. The number of fused-ring (bicyclic) bond motifs is 1. The molecule has 11 heteroatoms. The number of Topliss-reactive ketones (excluding diaryl/α,β-unsaturated/α-hetero) is 1. The fraction of sp³-hybridized carbons (Fsp3) is 0.448. The van der Waals surface area contributed by atoms with Gasteiger partial charge < -0.3 is 15.1 Å². The van der Waals surface area contributed by atoms with Gasteiger partial charge in [-0.25, -0.2) is 13.4 Å². The van der Waals surface area contributed by atoms with Crippen molar-refractivity contribution in [3.63, 3.8) is 0 Å². The zero-order chi connectivity index (χ0) is 28.1. The molecular formula is C29H34N4O6S. The van der Waals surface area contributed by atoms with E-state index in [4.69, 9.17) is 4.42 Å². The van der Waals surface area contributed by atoms with Crippen LogP contribution in [0.1, 0.15) is 61.9 Å². The van der Waals surface area contributed by atoms with Crippen LogP contribution in [0.3, 0.4) is 0 Å². The van der Waals surface area contributed by atoms with Crippen molar-refractivity contribution in [3.05, 3.63) is 60.5 Å². The number of hydrogen-bond donors (Lipinski definition) is 2. The number of nitrogens with zero attached hydrogens (tertiary/aromatic N) is 2. The molecule has 5 rings (SSSR count). The lowest BCUT2D eigenvalue weighted by Crippen LogP contribution is -2.53. The van der Waals surface area contributed by atoms with E-state index in [1.165, 1.54) is 12.3 Å². The predicted molar refractivity (Wildman–Crippen MR) is 148 cm³/mol. The molecule has 1 saturated heterocycles. The normalized spacial score (nSPS) is 20.1. The summed E-state index contributed by atoms with van der Waals surface area (Å²) in [6, 6.07) is 11.8. The van der Waals surface area contributed by atoms with Crippen LogP contribution in [0, 0.1) is 5.92 Å². The summed E-state index contributed by atoms with van der Waals surface area (Å²) in [6.45, 7) is -0.214. The third-order valence-corrected chi connectivity index (χ3v) is 9.51. The van der Waals surface area contributed by atoms with Crippen LogP contribution in [0.2, 0.25) is 0 Å². The van der Waals surface area contributed by atoms with Gasteiger partial charge >= 0.3 is 0 Å². The Hall–Kier alpha value is -3.57. The van der Waals surface area contributed by atoms with Gasteiger partial charge in [0.15, 0.2) is 16.6 Å². The van der Waals surface area contributed by atoms with Crippen LogP contribution in [0.25, 0.3) is 11.0 Å². The topological polar surface area (TPSA) is 139 Å². The molecule has 1 unspecified atom stereocenters. The van der Waals surface area contributed by atoms with Gasteiger partial charge in [0.2, 0.25) is 5.91 Å². The fourth-order valence-corrected chi connectivity index (χ4v) is 6.94. The first kappa shape index (κ1) is 28.0. The number of carbonyl (C=O) groups is 3. The zero-order valence-corrected chi connectivity index (χ0v) is 23.1. The number of aromatic nitrogens is 1. The molecule has 0 spiro atoms. The number of ketones is 1. The van der Waals surface area contributed by atoms with E-state index in [2.05, 4.69) is 15.6 Å². The van der Waals surface area contributed by atoms with Gasteiger partial charge in [-0.3, -0.25) is 14.4 Å². The number of rotatable bonds is 8. The Bertz CT molecular complexity index is 1430. The molecule has 0 radical (unpaired) electrons. The number of nitrogens with one attached hydrogen (secondary N) is 2. The van der Waals surface area contributed by atoms with E-state index in [0.29, 0.717) is 24.8 Å². The molecule has 2 N–H and O–H groups in total. The van der Waals surface area contributed by atoms with Crippen molar-refractivity contribution in [2.24, 2.45) is 5.92 Å². The Morgan fingerprint density at radius 1 is 1.02 bits per heavy atom. The smallest absolute Gasteiger partial charge is 0.287 e. The minimum absolute atomic E-state index is 0.114. The largest absolute Gasteiger partial charge is 0.451 e. The quantitative estimate of drug-likeness (QED) is 0.426. The van der Waals surface area contributed by atoms with E-state index in [-0.39, 0.29) is 29.8 Å². The number of para-hydroxylation sites is 1. The van der Waals surface area contributed by atoms with Crippen LogP contribution in [-0.2, 0) is 19.6 Å². The maximum Gasteiger partial charge on any atom is 0.287 e. The number of pyridine rings is 1. The van der Waals surface area contributed by atoms with Crippen molar-refractivity contribution in [3.8, 4) is 0 Å². The maximum atomic E-state index is 13.5. The number of furan rings is 1. The Balaban J connectivity index is 1.28. The molecule has 1 saturated carbocycles. The number of sulfonamides is 1. The van der Waals surface area contributed by atoms with Crippen molar-refractivity contribution >= 4 is 38.6 Å². The summed E-state index contributed by atoms with van der Waals surface area (Å²) in [4.78, 5) is 43.8. The van der Waals surface area contributed by atoms with E-state index in [9.17, 15) is 22.8 Å². The first-order valence-corrected chi connectivity index (χ1v) is 15.3. The van der Waals surface area contributed by atoms with Gasteiger partial charge in [0.25, 0.3) is 15.9 Å². The van der Waals surface area contributed by atoms with Crippen molar-refractivity contribution in [1.82, 2.24) is 19.9 Å².